The van der Waals surface area contributed by atoms with Crippen LogP contribution in [0.3, 0.4) is 0 Å². The van der Waals surface area contributed by atoms with E-state index >= 15 is 0 Å². The van der Waals surface area contributed by atoms with Gasteiger partial charge in [0.05, 0.1) is 18.6 Å². The van der Waals surface area contributed by atoms with Crippen molar-refractivity contribution in [1.82, 2.24) is 4.72 Å². The monoisotopic (exact) mass is 413 g/mol. The summed E-state index contributed by atoms with van der Waals surface area (Å²) in [5, 5.41) is 0. The standard InChI is InChI=1S/C17H20BrNO4S/c1-13-8-9-14(18)17(12-13)24(20,21)19-10-5-11-23-16-7-4-3-6-15(16)22-2/h3-4,6-9,12,19H,5,10-11H2,1-2H3. The van der Waals surface area contributed by atoms with Crippen LogP contribution in [0, 0.1) is 6.92 Å². The van der Waals surface area contributed by atoms with Gasteiger partial charge in [-0.15, -0.1) is 0 Å². The Hall–Kier alpha value is -1.57. The minimum Gasteiger partial charge on any atom is -0.493 e. The van der Waals surface area contributed by atoms with Crippen molar-refractivity contribution in [2.45, 2.75) is 18.2 Å². The van der Waals surface area contributed by atoms with Crippen LogP contribution in [0.2, 0.25) is 0 Å². The minimum atomic E-state index is -3.55. The number of sulfonamides is 1. The van der Waals surface area contributed by atoms with Gasteiger partial charge in [0.25, 0.3) is 0 Å². The summed E-state index contributed by atoms with van der Waals surface area (Å²) in [5.41, 5.74) is 0.887. The molecule has 1 N–H and O–H groups in total. The lowest BCUT2D eigenvalue weighted by Gasteiger charge is -2.11. The first kappa shape index (κ1) is 18.8. The van der Waals surface area contributed by atoms with Gasteiger partial charge in [-0.3, -0.25) is 0 Å². The zero-order valence-corrected chi connectivity index (χ0v) is 16.0. The maximum atomic E-state index is 12.3. The third-order valence-corrected chi connectivity index (χ3v) is 5.77. The maximum absolute atomic E-state index is 12.3. The fourth-order valence-electron chi connectivity index (χ4n) is 2.09. The molecule has 2 aromatic carbocycles. The molecule has 2 aromatic rings. The van der Waals surface area contributed by atoms with E-state index in [9.17, 15) is 8.42 Å². The summed E-state index contributed by atoms with van der Waals surface area (Å²) in [6.45, 7) is 2.53. The highest BCUT2D eigenvalue weighted by molar-refractivity contribution is 9.10. The predicted molar refractivity (Wildman–Crippen MR) is 97.2 cm³/mol. The number of methoxy groups -OCH3 is 1. The summed E-state index contributed by atoms with van der Waals surface area (Å²) in [6, 6.07) is 12.6. The van der Waals surface area contributed by atoms with Crippen LogP contribution in [0.15, 0.2) is 51.8 Å². The molecular formula is C17H20BrNO4S. The number of nitrogens with one attached hydrogen (secondary N) is 1. The van der Waals surface area contributed by atoms with E-state index in [-0.39, 0.29) is 11.4 Å². The molecule has 0 unspecified atom stereocenters. The van der Waals surface area contributed by atoms with E-state index in [0.717, 1.165) is 5.56 Å². The molecule has 5 nitrogen and oxygen atoms in total. The summed E-state index contributed by atoms with van der Waals surface area (Å²) in [5.74, 6) is 1.30. The van der Waals surface area contributed by atoms with Crippen molar-refractivity contribution < 1.29 is 17.9 Å². The van der Waals surface area contributed by atoms with Crippen LogP contribution in [-0.2, 0) is 10.0 Å². The summed E-state index contributed by atoms with van der Waals surface area (Å²) in [6.07, 6.45) is 0.542. The molecule has 0 fully saturated rings. The number of aryl methyl sites for hydroxylation is 1. The highest BCUT2D eigenvalue weighted by atomic mass is 79.9. The minimum absolute atomic E-state index is 0.244. The van der Waals surface area contributed by atoms with Crippen molar-refractivity contribution in [1.29, 1.82) is 0 Å². The third-order valence-electron chi connectivity index (χ3n) is 3.32. The summed E-state index contributed by atoms with van der Waals surface area (Å²) < 4.78 is 38.6. The molecule has 0 amide bonds. The zero-order chi connectivity index (χ0) is 17.6. The zero-order valence-electron chi connectivity index (χ0n) is 13.6. The number of ether oxygens (including phenoxy) is 2. The first-order chi connectivity index (χ1) is 11.4. The molecule has 0 aromatic heterocycles. The Balaban J connectivity index is 1.86. The van der Waals surface area contributed by atoms with Crippen LogP contribution in [0.1, 0.15) is 12.0 Å². The van der Waals surface area contributed by atoms with Gasteiger partial charge >= 0.3 is 0 Å². The predicted octanol–water partition coefficient (Wildman–Crippen LogP) is 3.51. The van der Waals surface area contributed by atoms with Crippen LogP contribution >= 0.6 is 15.9 Å². The second-order valence-corrected chi connectivity index (χ2v) is 7.77. The van der Waals surface area contributed by atoms with Crippen LogP contribution in [0.5, 0.6) is 11.5 Å². The molecule has 0 heterocycles. The largest absolute Gasteiger partial charge is 0.493 e. The van der Waals surface area contributed by atoms with Crippen LogP contribution in [0.4, 0.5) is 0 Å². The molecule has 0 aliphatic carbocycles. The van der Waals surface area contributed by atoms with Crippen molar-refractivity contribution in [3.63, 3.8) is 0 Å². The van der Waals surface area contributed by atoms with E-state index in [2.05, 4.69) is 20.7 Å². The molecule has 0 saturated carbocycles. The fourth-order valence-corrected chi connectivity index (χ4v) is 4.21. The summed E-state index contributed by atoms with van der Waals surface area (Å²) in [4.78, 5) is 0.244. The Kier molecular flexibility index (Phi) is 6.65. The van der Waals surface area contributed by atoms with E-state index in [4.69, 9.17) is 9.47 Å². The van der Waals surface area contributed by atoms with E-state index in [0.29, 0.717) is 29.0 Å². The second-order valence-electron chi connectivity index (χ2n) is 5.18. The molecule has 2 rings (SSSR count). The van der Waals surface area contributed by atoms with E-state index in [1.165, 1.54) is 0 Å². The van der Waals surface area contributed by atoms with Crippen molar-refractivity contribution in [2.24, 2.45) is 0 Å². The topological polar surface area (TPSA) is 64.6 Å². The molecule has 0 spiro atoms. The first-order valence-electron chi connectivity index (χ1n) is 7.45. The quantitative estimate of drug-likeness (QED) is 0.672. The lowest BCUT2D eigenvalue weighted by atomic mass is 10.2. The van der Waals surface area contributed by atoms with Crippen molar-refractivity contribution >= 4 is 26.0 Å². The van der Waals surface area contributed by atoms with Crippen molar-refractivity contribution in [3.05, 3.63) is 52.5 Å². The lowest BCUT2D eigenvalue weighted by Crippen LogP contribution is -2.26. The Morgan fingerprint density at radius 1 is 1.12 bits per heavy atom. The summed E-state index contributed by atoms with van der Waals surface area (Å²) >= 11 is 3.28. The molecule has 0 aliphatic rings. The van der Waals surface area contributed by atoms with Crippen molar-refractivity contribution in [3.8, 4) is 11.5 Å². The van der Waals surface area contributed by atoms with Gasteiger partial charge in [-0.2, -0.15) is 0 Å². The highest BCUT2D eigenvalue weighted by Gasteiger charge is 2.17. The number of benzene rings is 2. The molecular weight excluding hydrogens is 394 g/mol. The lowest BCUT2D eigenvalue weighted by molar-refractivity contribution is 0.290. The third kappa shape index (κ3) is 4.96. The van der Waals surface area contributed by atoms with Gasteiger partial charge in [0, 0.05) is 11.0 Å². The van der Waals surface area contributed by atoms with Gasteiger partial charge < -0.3 is 9.47 Å². The number of halogens is 1. The van der Waals surface area contributed by atoms with Crippen LogP contribution < -0.4 is 14.2 Å². The number of hydrogen-bond acceptors (Lipinski definition) is 4. The smallest absolute Gasteiger partial charge is 0.241 e. The molecule has 0 radical (unpaired) electrons. The molecule has 0 bridgehead atoms. The van der Waals surface area contributed by atoms with Gasteiger partial charge in [0.15, 0.2) is 11.5 Å². The molecule has 0 saturated heterocycles. The molecule has 130 valence electrons. The average Bonchev–Trinajstić information content (AvgIpc) is 2.57. The van der Waals surface area contributed by atoms with Gasteiger partial charge in [0.1, 0.15) is 0 Å². The van der Waals surface area contributed by atoms with E-state index in [1.807, 2.05) is 37.3 Å². The normalized spacial score (nSPS) is 11.3. The molecule has 0 aliphatic heterocycles. The highest BCUT2D eigenvalue weighted by Crippen LogP contribution is 2.26. The van der Waals surface area contributed by atoms with Gasteiger partial charge in [-0.05, 0) is 59.1 Å². The second kappa shape index (κ2) is 8.50. The molecule has 7 heteroatoms. The molecule has 24 heavy (non-hydrogen) atoms. The average molecular weight is 414 g/mol. The Labute approximate surface area is 151 Å². The maximum Gasteiger partial charge on any atom is 0.241 e. The van der Waals surface area contributed by atoms with Crippen LogP contribution in [-0.4, -0.2) is 28.7 Å². The molecule has 0 atom stereocenters. The Bertz CT molecular complexity index is 793. The number of para-hydroxylation sites is 2. The SMILES string of the molecule is COc1ccccc1OCCCNS(=O)(=O)c1cc(C)ccc1Br. The van der Waals surface area contributed by atoms with Gasteiger partial charge in [0.2, 0.25) is 10.0 Å². The number of hydrogen-bond donors (Lipinski definition) is 1. The van der Waals surface area contributed by atoms with E-state index in [1.54, 1.807) is 19.2 Å². The first-order valence-corrected chi connectivity index (χ1v) is 9.73. The number of rotatable bonds is 8. The van der Waals surface area contributed by atoms with Crippen LogP contribution in [0.25, 0.3) is 0 Å². The van der Waals surface area contributed by atoms with Crippen molar-refractivity contribution in [2.75, 3.05) is 20.3 Å². The Morgan fingerprint density at radius 2 is 1.83 bits per heavy atom. The van der Waals surface area contributed by atoms with Gasteiger partial charge in [-0.1, -0.05) is 18.2 Å². The Morgan fingerprint density at radius 3 is 2.54 bits per heavy atom. The fraction of sp³-hybridized carbons (Fsp3) is 0.294. The van der Waals surface area contributed by atoms with Gasteiger partial charge in [-0.25, -0.2) is 13.1 Å². The van der Waals surface area contributed by atoms with E-state index < -0.39 is 10.0 Å². The summed E-state index contributed by atoms with van der Waals surface area (Å²) in [7, 11) is -1.97.